The van der Waals surface area contributed by atoms with E-state index in [1.54, 1.807) is 11.3 Å². The van der Waals surface area contributed by atoms with Gasteiger partial charge in [-0.1, -0.05) is 115 Å². The molecule has 0 saturated heterocycles. The average Bonchev–Trinajstić information content (AvgIpc) is 3.72. The summed E-state index contributed by atoms with van der Waals surface area (Å²) in [7, 11) is 0. The molecule has 216 valence electrons. The highest BCUT2D eigenvalue weighted by Gasteiger charge is 2.19. The first-order chi connectivity index (χ1) is 22.8. The van der Waals surface area contributed by atoms with Gasteiger partial charge in [-0.05, 0) is 42.5 Å². The van der Waals surface area contributed by atoms with E-state index in [9.17, 15) is 0 Å². The van der Waals surface area contributed by atoms with Crippen LogP contribution in [0.25, 0.3) is 82.2 Å². The fourth-order valence-corrected chi connectivity index (χ4v) is 7.29. The molecule has 0 aliphatic carbocycles. The minimum absolute atomic E-state index is 0.699. The summed E-state index contributed by atoms with van der Waals surface area (Å²) in [6, 6.07) is 54.9. The van der Waals surface area contributed by atoms with E-state index in [4.69, 9.17) is 15.0 Å². The molecule has 4 nitrogen and oxygen atoms in total. The molecule has 0 atom stereocenters. The zero-order chi connectivity index (χ0) is 30.5. The molecule has 6 aromatic carbocycles. The van der Waals surface area contributed by atoms with E-state index in [1.807, 2.05) is 42.5 Å². The van der Waals surface area contributed by atoms with Crippen molar-refractivity contribution in [2.24, 2.45) is 0 Å². The number of para-hydroxylation sites is 3. The monoisotopic (exact) mass is 606 g/mol. The normalized spacial score (nSPS) is 11.5. The fraction of sp³-hybridized carbons (Fsp3) is 0. The molecule has 0 amide bonds. The van der Waals surface area contributed by atoms with Crippen LogP contribution in [0.5, 0.6) is 0 Å². The van der Waals surface area contributed by atoms with Crippen LogP contribution in [0.1, 0.15) is 0 Å². The summed E-state index contributed by atoms with van der Waals surface area (Å²) in [5, 5.41) is 3.43. The maximum atomic E-state index is 5.15. The van der Waals surface area contributed by atoms with Gasteiger partial charge < -0.3 is 4.57 Å². The molecule has 0 unspecified atom stereocenters. The van der Waals surface area contributed by atoms with E-state index in [0.717, 1.165) is 54.6 Å². The Bertz CT molecular complexity index is 2390. The molecule has 0 aliphatic heterocycles. The standard InChI is InChI=1S/C41H26N4S/c1-3-13-27(14-4-1)34-26-35(43-40(42-34)28-15-5-2-6-16-28)29-23-24-38(32(25-29)41-44-33-19-9-12-22-39(33)46-41)45-36-20-10-7-17-30(36)31-18-8-11-21-37(31)45/h1-26H. The highest BCUT2D eigenvalue weighted by molar-refractivity contribution is 7.21. The molecule has 0 fully saturated rings. The van der Waals surface area contributed by atoms with Crippen molar-refractivity contribution in [1.82, 2.24) is 19.5 Å². The number of aromatic nitrogens is 4. The van der Waals surface area contributed by atoms with Gasteiger partial charge in [-0.25, -0.2) is 15.0 Å². The quantitative estimate of drug-likeness (QED) is 0.196. The van der Waals surface area contributed by atoms with Gasteiger partial charge in [0, 0.05) is 33.0 Å². The van der Waals surface area contributed by atoms with Gasteiger partial charge in [0.05, 0.1) is 38.3 Å². The highest BCUT2D eigenvalue weighted by Crippen LogP contribution is 2.40. The van der Waals surface area contributed by atoms with Crippen LogP contribution in [0.2, 0.25) is 0 Å². The average molecular weight is 607 g/mol. The van der Waals surface area contributed by atoms with Crippen LogP contribution in [0.15, 0.2) is 158 Å². The molecule has 3 aromatic heterocycles. The van der Waals surface area contributed by atoms with Crippen LogP contribution in [-0.2, 0) is 0 Å². The second kappa shape index (κ2) is 10.9. The Labute approximate surface area is 269 Å². The summed E-state index contributed by atoms with van der Waals surface area (Å²) < 4.78 is 3.54. The fourth-order valence-electron chi connectivity index (χ4n) is 6.30. The van der Waals surface area contributed by atoms with Gasteiger partial charge in [-0.2, -0.15) is 0 Å². The summed E-state index contributed by atoms with van der Waals surface area (Å²) >= 11 is 1.72. The van der Waals surface area contributed by atoms with Gasteiger partial charge in [0.15, 0.2) is 5.82 Å². The van der Waals surface area contributed by atoms with Gasteiger partial charge in [-0.3, -0.25) is 0 Å². The first-order valence-corrected chi connectivity index (χ1v) is 16.1. The predicted molar refractivity (Wildman–Crippen MR) is 191 cm³/mol. The number of nitrogens with zero attached hydrogens (tertiary/aromatic N) is 4. The molecular formula is C41H26N4S. The van der Waals surface area contributed by atoms with Crippen molar-refractivity contribution in [2.45, 2.75) is 0 Å². The Morgan fingerprint density at radius 1 is 0.457 bits per heavy atom. The molecule has 46 heavy (non-hydrogen) atoms. The van der Waals surface area contributed by atoms with Crippen LogP contribution >= 0.6 is 11.3 Å². The Kier molecular flexibility index (Phi) is 6.28. The molecule has 9 aromatic rings. The first-order valence-electron chi connectivity index (χ1n) is 15.3. The van der Waals surface area contributed by atoms with Crippen molar-refractivity contribution < 1.29 is 0 Å². The van der Waals surface area contributed by atoms with E-state index in [1.165, 1.54) is 21.8 Å². The molecule has 0 N–H and O–H groups in total. The minimum atomic E-state index is 0.699. The Balaban J connectivity index is 1.32. The SMILES string of the molecule is c1ccc(-c2cc(-c3ccc(-n4c5ccccc5c5ccccc54)c(-c4nc5ccccc5s4)c3)nc(-c3ccccc3)n2)cc1. The zero-order valence-electron chi connectivity index (χ0n) is 24.7. The van der Waals surface area contributed by atoms with E-state index in [0.29, 0.717) is 5.82 Å². The number of hydrogen-bond acceptors (Lipinski definition) is 4. The largest absolute Gasteiger partial charge is 0.309 e. The minimum Gasteiger partial charge on any atom is -0.309 e. The summed E-state index contributed by atoms with van der Waals surface area (Å²) in [5.74, 6) is 0.699. The van der Waals surface area contributed by atoms with E-state index >= 15 is 0 Å². The Morgan fingerprint density at radius 2 is 1.04 bits per heavy atom. The number of benzene rings is 6. The van der Waals surface area contributed by atoms with Crippen LogP contribution in [0.4, 0.5) is 0 Å². The molecule has 5 heteroatoms. The molecule has 0 bridgehead atoms. The topological polar surface area (TPSA) is 43.6 Å². The van der Waals surface area contributed by atoms with Crippen molar-refractivity contribution in [3.8, 4) is 50.2 Å². The summed E-state index contributed by atoms with van der Waals surface area (Å²) in [6.07, 6.45) is 0. The predicted octanol–water partition coefficient (Wildman–Crippen LogP) is 10.9. The van der Waals surface area contributed by atoms with Gasteiger partial charge >= 0.3 is 0 Å². The lowest BCUT2D eigenvalue weighted by Crippen LogP contribution is -1.99. The van der Waals surface area contributed by atoms with E-state index in [-0.39, 0.29) is 0 Å². The molecule has 0 saturated carbocycles. The smallest absolute Gasteiger partial charge is 0.160 e. The summed E-state index contributed by atoms with van der Waals surface area (Å²) in [4.78, 5) is 15.3. The maximum Gasteiger partial charge on any atom is 0.160 e. The Hall–Kier alpha value is -5.91. The second-order valence-corrected chi connectivity index (χ2v) is 12.3. The van der Waals surface area contributed by atoms with Crippen LogP contribution in [0, 0.1) is 0 Å². The number of thiazole rings is 1. The lowest BCUT2D eigenvalue weighted by Gasteiger charge is -2.15. The lowest BCUT2D eigenvalue weighted by atomic mass is 10.0. The molecule has 0 aliphatic rings. The van der Waals surface area contributed by atoms with Crippen molar-refractivity contribution in [3.05, 3.63) is 158 Å². The maximum absolute atomic E-state index is 5.15. The third-order valence-corrected chi connectivity index (χ3v) is 9.53. The third-order valence-electron chi connectivity index (χ3n) is 8.47. The van der Waals surface area contributed by atoms with Crippen molar-refractivity contribution in [3.63, 3.8) is 0 Å². The van der Waals surface area contributed by atoms with E-state index < -0.39 is 0 Å². The third kappa shape index (κ3) is 4.48. The second-order valence-electron chi connectivity index (χ2n) is 11.3. The van der Waals surface area contributed by atoms with Crippen molar-refractivity contribution in [2.75, 3.05) is 0 Å². The van der Waals surface area contributed by atoms with E-state index in [2.05, 4.69) is 120 Å². The summed E-state index contributed by atoms with van der Waals surface area (Å²) in [5.41, 5.74) is 10.3. The molecule has 0 radical (unpaired) electrons. The molecule has 3 heterocycles. The lowest BCUT2D eigenvalue weighted by molar-refractivity contribution is 1.17. The zero-order valence-corrected chi connectivity index (χ0v) is 25.5. The number of fused-ring (bicyclic) bond motifs is 4. The van der Waals surface area contributed by atoms with Gasteiger partial charge in [0.25, 0.3) is 0 Å². The van der Waals surface area contributed by atoms with Crippen LogP contribution < -0.4 is 0 Å². The van der Waals surface area contributed by atoms with Crippen molar-refractivity contribution >= 4 is 43.4 Å². The Morgan fingerprint density at radius 3 is 1.74 bits per heavy atom. The van der Waals surface area contributed by atoms with Gasteiger partial charge in [-0.15, -0.1) is 11.3 Å². The number of rotatable bonds is 5. The van der Waals surface area contributed by atoms with Crippen LogP contribution in [0.3, 0.4) is 0 Å². The van der Waals surface area contributed by atoms with Gasteiger partial charge in [0.2, 0.25) is 0 Å². The van der Waals surface area contributed by atoms with Gasteiger partial charge in [0.1, 0.15) is 5.01 Å². The number of hydrogen-bond donors (Lipinski definition) is 0. The summed E-state index contributed by atoms with van der Waals surface area (Å²) in [6.45, 7) is 0. The van der Waals surface area contributed by atoms with Crippen molar-refractivity contribution in [1.29, 1.82) is 0 Å². The first kappa shape index (κ1) is 26.5. The highest BCUT2D eigenvalue weighted by atomic mass is 32.1. The molecular weight excluding hydrogens is 581 g/mol. The molecule has 0 spiro atoms. The molecule has 9 rings (SSSR count). The van der Waals surface area contributed by atoms with Crippen LogP contribution in [-0.4, -0.2) is 19.5 Å².